The zero-order chi connectivity index (χ0) is 14.7. The third-order valence-electron chi connectivity index (χ3n) is 4.25. The van der Waals surface area contributed by atoms with Crippen LogP contribution in [0.25, 0.3) is 0 Å². The Kier molecular flexibility index (Phi) is 4.65. The Balaban J connectivity index is 2.00. The van der Waals surface area contributed by atoms with E-state index >= 15 is 0 Å². The topological polar surface area (TPSA) is 75.3 Å². The molecule has 2 unspecified atom stereocenters. The van der Waals surface area contributed by atoms with Crippen LogP contribution in [0.2, 0.25) is 0 Å². The molecule has 0 heterocycles. The van der Waals surface area contributed by atoms with E-state index in [2.05, 4.69) is 5.32 Å². The first-order chi connectivity index (χ1) is 9.49. The molecular weight excluding hydrogens is 252 g/mol. The fourth-order valence-corrected chi connectivity index (χ4v) is 2.86. The number of amides is 1. The van der Waals surface area contributed by atoms with Gasteiger partial charge < -0.3 is 16.2 Å². The highest BCUT2D eigenvalue weighted by Gasteiger charge is 2.23. The zero-order valence-corrected chi connectivity index (χ0v) is 12.3. The standard InChI is InChI=1S/C16H24N2O2/c1-10-7-11(2)14(17)8-13(10)16(20)18-9-12-5-3-4-6-15(12)19/h7-8,12,15,19H,3-6,9,17H2,1-2H3,(H,18,20). The Labute approximate surface area is 120 Å². The number of nitrogens with two attached hydrogens (primary N) is 1. The predicted octanol–water partition coefficient (Wildman–Crippen LogP) is 2.17. The van der Waals surface area contributed by atoms with Crippen LogP contribution in [0.5, 0.6) is 0 Å². The van der Waals surface area contributed by atoms with Crippen molar-refractivity contribution in [1.82, 2.24) is 5.32 Å². The Morgan fingerprint density at radius 3 is 2.70 bits per heavy atom. The summed E-state index contributed by atoms with van der Waals surface area (Å²) in [6, 6.07) is 3.66. The number of hydrogen-bond acceptors (Lipinski definition) is 3. The third kappa shape index (κ3) is 3.31. The van der Waals surface area contributed by atoms with Gasteiger partial charge in [-0.15, -0.1) is 0 Å². The van der Waals surface area contributed by atoms with Crippen molar-refractivity contribution >= 4 is 11.6 Å². The average molecular weight is 276 g/mol. The Morgan fingerprint density at radius 2 is 2.00 bits per heavy atom. The van der Waals surface area contributed by atoms with Crippen molar-refractivity contribution in [3.8, 4) is 0 Å². The minimum absolute atomic E-state index is 0.105. The van der Waals surface area contributed by atoms with Gasteiger partial charge in [-0.3, -0.25) is 4.79 Å². The van der Waals surface area contributed by atoms with Crippen molar-refractivity contribution in [3.63, 3.8) is 0 Å². The van der Waals surface area contributed by atoms with Crippen molar-refractivity contribution in [2.24, 2.45) is 5.92 Å². The second kappa shape index (κ2) is 6.27. The third-order valence-corrected chi connectivity index (χ3v) is 4.25. The quantitative estimate of drug-likeness (QED) is 0.741. The second-order valence-corrected chi connectivity index (χ2v) is 5.85. The van der Waals surface area contributed by atoms with E-state index in [4.69, 9.17) is 5.73 Å². The van der Waals surface area contributed by atoms with E-state index in [1.54, 1.807) is 6.07 Å². The van der Waals surface area contributed by atoms with Crippen molar-refractivity contribution in [2.75, 3.05) is 12.3 Å². The number of rotatable bonds is 3. The fraction of sp³-hybridized carbons (Fsp3) is 0.562. The van der Waals surface area contributed by atoms with Gasteiger partial charge >= 0.3 is 0 Å². The molecule has 0 spiro atoms. The molecule has 110 valence electrons. The van der Waals surface area contributed by atoms with Crippen LogP contribution in [0.1, 0.15) is 47.2 Å². The normalized spacial score (nSPS) is 22.6. The highest BCUT2D eigenvalue weighted by Crippen LogP contribution is 2.24. The van der Waals surface area contributed by atoms with E-state index in [1.165, 1.54) is 0 Å². The summed E-state index contributed by atoms with van der Waals surface area (Å²) in [5.41, 5.74) is 9.05. The minimum atomic E-state index is -0.284. The largest absolute Gasteiger partial charge is 0.398 e. The van der Waals surface area contributed by atoms with Crippen LogP contribution in [0, 0.1) is 19.8 Å². The first kappa shape index (κ1) is 14.9. The summed E-state index contributed by atoms with van der Waals surface area (Å²) in [7, 11) is 0. The van der Waals surface area contributed by atoms with Gasteiger partial charge in [0.25, 0.3) is 5.91 Å². The van der Waals surface area contributed by atoms with Crippen LogP contribution >= 0.6 is 0 Å². The van der Waals surface area contributed by atoms with Crippen LogP contribution in [0.3, 0.4) is 0 Å². The molecule has 4 N–H and O–H groups in total. The van der Waals surface area contributed by atoms with Crippen LogP contribution in [0.15, 0.2) is 12.1 Å². The number of carbonyl (C=O) groups is 1. The molecule has 1 fully saturated rings. The molecule has 1 amide bonds. The maximum atomic E-state index is 12.2. The zero-order valence-electron chi connectivity index (χ0n) is 12.3. The Morgan fingerprint density at radius 1 is 1.30 bits per heavy atom. The van der Waals surface area contributed by atoms with Gasteiger partial charge in [0.2, 0.25) is 0 Å². The molecule has 1 aromatic rings. The van der Waals surface area contributed by atoms with Gasteiger partial charge in [0.15, 0.2) is 0 Å². The fourth-order valence-electron chi connectivity index (χ4n) is 2.86. The van der Waals surface area contributed by atoms with Gasteiger partial charge in [-0.25, -0.2) is 0 Å². The molecule has 1 aliphatic carbocycles. The van der Waals surface area contributed by atoms with E-state index < -0.39 is 0 Å². The average Bonchev–Trinajstić information content (AvgIpc) is 2.41. The highest BCUT2D eigenvalue weighted by atomic mass is 16.3. The summed E-state index contributed by atoms with van der Waals surface area (Å²) in [4.78, 5) is 12.2. The summed E-state index contributed by atoms with van der Waals surface area (Å²) in [5, 5.41) is 12.8. The Hall–Kier alpha value is -1.55. The first-order valence-electron chi connectivity index (χ1n) is 7.32. The summed E-state index contributed by atoms with van der Waals surface area (Å²) >= 11 is 0. The molecule has 0 radical (unpaired) electrons. The molecule has 0 saturated heterocycles. The number of aliphatic hydroxyl groups excluding tert-OH is 1. The summed E-state index contributed by atoms with van der Waals surface area (Å²) < 4.78 is 0. The van der Waals surface area contributed by atoms with Gasteiger partial charge in [0, 0.05) is 23.7 Å². The number of aryl methyl sites for hydroxylation is 2. The number of benzene rings is 1. The van der Waals surface area contributed by atoms with E-state index in [0.29, 0.717) is 17.8 Å². The number of aliphatic hydroxyl groups is 1. The smallest absolute Gasteiger partial charge is 0.251 e. The van der Waals surface area contributed by atoms with E-state index in [1.807, 2.05) is 19.9 Å². The van der Waals surface area contributed by atoms with E-state index in [9.17, 15) is 9.90 Å². The van der Waals surface area contributed by atoms with Crippen LogP contribution in [-0.2, 0) is 0 Å². The van der Waals surface area contributed by atoms with Gasteiger partial charge in [-0.05, 0) is 43.9 Å². The minimum Gasteiger partial charge on any atom is -0.398 e. The maximum absolute atomic E-state index is 12.2. The molecule has 2 atom stereocenters. The maximum Gasteiger partial charge on any atom is 0.251 e. The molecule has 4 heteroatoms. The molecule has 2 rings (SSSR count). The second-order valence-electron chi connectivity index (χ2n) is 5.85. The number of hydrogen-bond donors (Lipinski definition) is 3. The molecule has 1 aromatic carbocycles. The SMILES string of the molecule is Cc1cc(C)c(C(=O)NCC2CCCCC2O)cc1N. The lowest BCUT2D eigenvalue weighted by Crippen LogP contribution is -2.36. The monoisotopic (exact) mass is 276 g/mol. The van der Waals surface area contributed by atoms with Gasteiger partial charge in [-0.2, -0.15) is 0 Å². The Bertz CT molecular complexity index is 499. The van der Waals surface area contributed by atoms with Crippen molar-refractivity contribution < 1.29 is 9.90 Å². The van der Waals surface area contributed by atoms with Crippen LogP contribution < -0.4 is 11.1 Å². The lowest BCUT2D eigenvalue weighted by Gasteiger charge is -2.27. The van der Waals surface area contributed by atoms with Gasteiger partial charge in [-0.1, -0.05) is 18.9 Å². The van der Waals surface area contributed by atoms with Crippen LogP contribution in [-0.4, -0.2) is 23.7 Å². The predicted molar refractivity (Wildman–Crippen MR) is 80.6 cm³/mol. The number of nitrogens with one attached hydrogen (secondary N) is 1. The van der Waals surface area contributed by atoms with Crippen LogP contribution in [0.4, 0.5) is 5.69 Å². The number of carbonyl (C=O) groups excluding carboxylic acids is 1. The van der Waals surface area contributed by atoms with Crippen molar-refractivity contribution in [3.05, 3.63) is 28.8 Å². The summed E-state index contributed by atoms with van der Waals surface area (Å²) in [6.07, 6.45) is 3.76. The lowest BCUT2D eigenvalue weighted by molar-refractivity contribution is 0.0663. The molecule has 4 nitrogen and oxygen atoms in total. The molecule has 1 aliphatic rings. The van der Waals surface area contributed by atoms with Gasteiger partial charge in [0.05, 0.1) is 6.10 Å². The molecule has 0 bridgehead atoms. The van der Waals surface area contributed by atoms with E-state index in [-0.39, 0.29) is 17.9 Å². The van der Waals surface area contributed by atoms with Crippen molar-refractivity contribution in [2.45, 2.75) is 45.6 Å². The first-order valence-corrected chi connectivity index (χ1v) is 7.32. The van der Waals surface area contributed by atoms with Crippen molar-refractivity contribution in [1.29, 1.82) is 0 Å². The molecule has 1 saturated carbocycles. The summed E-state index contributed by atoms with van der Waals surface area (Å²) in [5.74, 6) is 0.0720. The number of anilines is 1. The molecule has 0 aliphatic heterocycles. The summed E-state index contributed by atoms with van der Waals surface area (Å²) in [6.45, 7) is 4.38. The highest BCUT2D eigenvalue weighted by molar-refractivity contribution is 5.96. The van der Waals surface area contributed by atoms with E-state index in [0.717, 1.165) is 36.8 Å². The molecular formula is C16H24N2O2. The molecule has 0 aromatic heterocycles. The van der Waals surface area contributed by atoms with Gasteiger partial charge in [0.1, 0.15) is 0 Å². The lowest BCUT2D eigenvalue weighted by atomic mass is 9.86. The number of nitrogen functional groups attached to an aromatic ring is 1. The molecule has 20 heavy (non-hydrogen) atoms.